The zero-order valence-electron chi connectivity index (χ0n) is 7.98. The summed E-state index contributed by atoms with van der Waals surface area (Å²) in [6.45, 7) is 1.89. The van der Waals surface area contributed by atoms with Crippen molar-refractivity contribution in [2.45, 2.75) is 12.2 Å². The summed E-state index contributed by atoms with van der Waals surface area (Å²) >= 11 is 1.40. The van der Waals surface area contributed by atoms with E-state index < -0.39 is 0 Å². The summed E-state index contributed by atoms with van der Waals surface area (Å²) < 4.78 is 0. The summed E-state index contributed by atoms with van der Waals surface area (Å²) in [6, 6.07) is 10.1. The molecule has 14 heavy (non-hydrogen) atoms. The first kappa shape index (κ1) is 9.59. The molecule has 1 aromatic carbocycles. The van der Waals surface area contributed by atoms with Crippen molar-refractivity contribution < 1.29 is 4.79 Å². The molecule has 0 bridgehead atoms. The van der Waals surface area contributed by atoms with Crippen LogP contribution < -0.4 is 0 Å². The average molecular weight is 207 g/mol. The molecule has 0 unspecified atom stereocenters. The van der Waals surface area contributed by atoms with E-state index in [-0.39, 0.29) is 5.24 Å². The standard InChI is InChI=1S/C11H13NOS/c13-11(12-7-4-8-12)14-9-10-5-2-1-3-6-10/h1-3,5-6H,4,7-9H2. The maximum atomic E-state index is 11.5. The lowest BCUT2D eigenvalue weighted by atomic mass is 10.2. The lowest BCUT2D eigenvalue weighted by Crippen LogP contribution is -2.39. The fraction of sp³-hybridized carbons (Fsp3) is 0.364. The lowest BCUT2D eigenvalue weighted by Gasteiger charge is -2.30. The quantitative estimate of drug-likeness (QED) is 0.743. The third kappa shape index (κ3) is 2.29. The van der Waals surface area contributed by atoms with Gasteiger partial charge in [0.25, 0.3) is 5.24 Å². The van der Waals surface area contributed by atoms with Crippen LogP contribution in [0.1, 0.15) is 12.0 Å². The molecule has 0 saturated carbocycles. The summed E-state index contributed by atoms with van der Waals surface area (Å²) in [7, 11) is 0. The second-order valence-corrected chi connectivity index (χ2v) is 4.31. The van der Waals surface area contributed by atoms with Gasteiger partial charge in [-0.1, -0.05) is 42.1 Å². The van der Waals surface area contributed by atoms with Crippen LogP contribution >= 0.6 is 11.8 Å². The summed E-state index contributed by atoms with van der Waals surface area (Å²) in [4.78, 5) is 13.4. The van der Waals surface area contributed by atoms with Crippen LogP contribution in [0.15, 0.2) is 30.3 Å². The smallest absolute Gasteiger partial charge is 0.281 e. The summed E-state index contributed by atoms with van der Waals surface area (Å²) in [5.41, 5.74) is 1.21. The number of thioether (sulfide) groups is 1. The molecular weight excluding hydrogens is 194 g/mol. The number of benzene rings is 1. The molecular formula is C11H13NOS. The molecule has 0 atom stereocenters. The van der Waals surface area contributed by atoms with E-state index in [9.17, 15) is 4.79 Å². The van der Waals surface area contributed by atoms with Gasteiger partial charge in [-0.15, -0.1) is 0 Å². The third-order valence-electron chi connectivity index (χ3n) is 2.32. The Morgan fingerprint density at radius 3 is 2.57 bits per heavy atom. The fourth-order valence-electron chi connectivity index (χ4n) is 1.31. The van der Waals surface area contributed by atoms with Gasteiger partial charge in [-0.25, -0.2) is 0 Å². The molecule has 0 N–H and O–H groups in total. The zero-order valence-corrected chi connectivity index (χ0v) is 8.80. The number of amides is 1. The topological polar surface area (TPSA) is 20.3 Å². The van der Waals surface area contributed by atoms with E-state index in [0.717, 1.165) is 25.3 Å². The number of rotatable bonds is 2. The van der Waals surface area contributed by atoms with Gasteiger partial charge in [-0.3, -0.25) is 4.79 Å². The van der Waals surface area contributed by atoms with Crippen molar-refractivity contribution in [2.75, 3.05) is 13.1 Å². The summed E-state index contributed by atoms with van der Waals surface area (Å²) in [6.07, 6.45) is 1.16. The van der Waals surface area contributed by atoms with Gasteiger partial charge in [-0.05, 0) is 12.0 Å². The van der Waals surface area contributed by atoms with E-state index in [1.807, 2.05) is 23.1 Å². The summed E-state index contributed by atoms with van der Waals surface area (Å²) in [5.74, 6) is 0.788. The van der Waals surface area contributed by atoms with Crippen LogP contribution in [0.3, 0.4) is 0 Å². The highest BCUT2D eigenvalue weighted by atomic mass is 32.2. The normalized spacial score (nSPS) is 15.0. The van der Waals surface area contributed by atoms with Crippen molar-refractivity contribution in [3.63, 3.8) is 0 Å². The lowest BCUT2D eigenvalue weighted by molar-refractivity contribution is 0.192. The maximum Gasteiger partial charge on any atom is 0.281 e. The van der Waals surface area contributed by atoms with Crippen LogP contribution in [0, 0.1) is 0 Å². The maximum absolute atomic E-state index is 11.5. The van der Waals surface area contributed by atoms with Gasteiger partial charge in [0, 0.05) is 18.8 Å². The van der Waals surface area contributed by atoms with Crippen molar-refractivity contribution in [2.24, 2.45) is 0 Å². The van der Waals surface area contributed by atoms with E-state index in [0.29, 0.717) is 0 Å². The largest absolute Gasteiger partial charge is 0.333 e. The van der Waals surface area contributed by atoms with Crippen molar-refractivity contribution in [1.29, 1.82) is 0 Å². The second kappa shape index (κ2) is 4.51. The molecule has 2 nitrogen and oxygen atoms in total. The monoisotopic (exact) mass is 207 g/mol. The molecule has 0 aliphatic carbocycles. The predicted molar refractivity (Wildman–Crippen MR) is 59.3 cm³/mol. The average Bonchev–Trinajstić information content (AvgIpc) is 2.14. The molecule has 1 aliphatic rings. The van der Waals surface area contributed by atoms with Crippen molar-refractivity contribution in [1.82, 2.24) is 4.90 Å². The highest BCUT2D eigenvalue weighted by molar-refractivity contribution is 8.12. The Hall–Kier alpha value is -0.960. The van der Waals surface area contributed by atoms with E-state index in [1.54, 1.807) is 0 Å². The molecule has 74 valence electrons. The number of carbonyl (C=O) groups excluding carboxylic acids is 1. The van der Waals surface area contributed by atoms with Crippen molar-refractivity contribution in [3.8, 4) is 0 Å². The SMILES string of the molecule is O=C(SCc1ccccc1)N1CCC1. The van der Waals surface area contributed by atoms with Crippen molar-refractivity contribution in [3.05, 3.63) is 35.9 Å². The molecule has 0 aromatic heterocycles. The van der Waals surface area contributed by atoms with Gasteiger partial charge >= 0.3 is 0 Å². The van der Waals surface area contributed by atoms with Crippen LogP contribution in [-0.4, -0.2) is 23.2 Å². The van der Waals surface area contributed by atoms with Gasteiger partial charge in [0.1, 0.15) is 0 Å². The Morgan fingerprint density at radius 1 is 1.29 bits per heavy atom. The molecule has 0 spiro atoms. The Bertz CT molecular complexity index is 308. The molecule has 1 saturated heterocycles. The number of hydrogen-bond acceptors (Lipinski definition) is 2. The minimum absolute atomic E-state index is 0.222. The molecule has 1 aromatic rings. The Labute approximate surface area is 88.3 Å². The zero-order chi connectivity index (χ0) is 9.80. The van der Waals surface area contributed by atoms with Gasteiger partial charge in [0.05, 0.1) is 0 Å². The van der Waals surface area contributed by atoms with E-state index in [2.05, 4.69) is 12.1 Å². The fourth-order valence-corrected chi connectivity index (χ4v) is 2.16. The molecule has 3 heteroatoms. The van der Waals surface area contributed by atoms with Crippen LogP contribution in [0.25, 0.3) is 0 Å². The summed E-state index contributed by atoms with van der Waals surface area (Å²) in [5, 5.41) is 0.222. The molecule has 1 heterocycles. The highest BCUT2D eigenvalue weighted by Gasteiger charge is 2.19. The molecule has 1 fully saturated rings. The minimum atomic E-state index is 0.222. The molecule has 1 aliphatic heterocycles. The number of likely N-dealkylation sites (tertiary alicyclic amines) is 1. The van der Waals surface area contributed by atoms with E-state index >= 15 is 0 Å². The third-order valence-corrected chi connectivity index (χ3v) is 3.30. The minimum Gasteiger partial charge on any atom is -0.333 e. The Kier molecular flexibility index (Phi) is 3.09. The Balaban J connectivity index is 1.79. The number of carbonyl (C=O) groups is 1. The molecule has 2 rings (SSSR count). The van der Waals surface area contributed by atoms with E-state index in [4.69, 9.17) is 0 Å². The van der Waals surface area contributed by atoms with Gasteiger partial charge in [-0.2, -0.15) is 0 Å². The van der Waals surface area contributed by atoms with Crippen LogP contribution in [-0.2, 0) is 5.75 Å². The number of hydrogen-bond donors (Lipinski definition) is 0. The van der Waals surface area contributed by atoms with Crippen LogP contribution in [0.5, 0.6) is 0 Å². The molecule has 0 radical (unpaired) electrons. The number of nitrogens with zero attached hydrogens (tertiary/aromatic N) is 1. The highest BCUT2D eigenvalue weighted by Crippen LogP contribution is 2.19. The van der Waals surface area contributed by atoms with E-state index in [1.165, 1.54) is 17.3 Å². The first-order chi connectivity index (χ1) is 6.86. The first-order valence-corrected chi connectivity index (χ1v) is 5.80. The van der Waals surface area contributed by atoms with Crippen LogP contribution in [0.2, 0.25) is 0 Å². The first-order valence-electron chi connectivity index (χ1n) is 4.82. The van der Waals surface area contributed by atoms with Gasteiger partial charge in [0.15, 0.2) is 0 Å². The van der Waals surface area contributed by atoms with Gasteiger partial charge < -0.3 is 4.90 Å². The predicted octanol–water partition coefficient (Wildman–Crippen LogP) is 2.75. The molecule has 1 amide bonds. The second-order valence-electron chi connectivity index (χ2n) is 3.38. The Morgan fingerprint density at radius 2 is 2.00 bits per heavy atom. The van der Waals surface area contributed by atoms with Crippen molar-refractivity contribution >= 4 is 17.0 Å². The van der Waals surface area contributed by atoms with Gasteiger partial charge in [0.2, 0.25) is 0 Å². The van der Waals surface area contributed by atoms with Crippen LogP contribution in [0.4, 0.5) is 4.79 Å².